The van der Waals surface area contributed by atoms with E-state index >= 15 is 0 Å². The van der Waals surface area contributed by atoms with Crippen molar-refractivity contribution in [2.75, 3.05) is 12.3 Å². The Morgan fingerprint density at radius 2 is 1.85 bits per heavy atom. The van der Waals surface area contributed by atoms with Crippen LogP contribution >= 0.6 is 12.6 Å². The molecule has 0 fully saturated rings. The molecule has 0 aliphatic heterocycles. The molecule has 2 N–H and O–H groups in total. The molecule has 2 atom stereocenters. The summed E-state index contributed by atoms with van der Waals surface area (Å²) in [4.78, 5) is 39.7. The lowest BCUT2D eigenvalue weighted by molar-refractivity contribution is -0.138. The molecule has 33 heavy (non-hydrogen) atoms. The van der Waals surface area contributed by atoms with Crippen molar-refractivity contribution in [3.05, 3.63) is 35.4 Å². The Hall–Kier alpha value is -3.10. The fourth-order valence-electron chi connectivity index (χ4n) is 3.02. The van der Waals surface area contributed by atoms with Gasteiger partial charge in [-0.2, -0.15) is 12.6 Å². The number of hydrogen-bond donors (Lipinski definition) is 3. The van der Waals surface area contributed by atoms with Gasteiger partial charge in [0.25, 0.3) is 5.91 Å². The Balaban J connectivity index is 3.28. The number of nitrogens with one attached hydrogen (secondary N) is 2. The second-order valence-electron chi connectivity index (χ2n) is 8.35. The maximum absolute atomic E-state index is 13.3. The molecule has 8 heteroatoms. The van der Waals surface area contributed by atoms with E-state index < -0.39 is 35.6 Å². The van der Waals surface area contributed by atoms with E-state index in [4.69, 9.17) is 17.6 Å². The topological polar surface area (TPSA) is 87.7 Å². The van der Waals surface area contributed by atoms with E-state index in [1.807, 2.05) is 0 Å². The first-order valence-corrected chi connectivity index (χ1v) is 11.5. The van der Waals surface area contributed by atoms with Crippen LogP contribution in [0.15, 0.2) is 24.3 Å². The van der Waals surface area contributed by atoms with Crippen LogP contribution in [0.1, 0.15) is 64.1 Å². The smallest absolute Gasteiger partial charge is 0.408 e. The van der Waals surface area contributed by atoms with E-state index in [-0.39, 0.29) is 5.75 Å². The SMILES string of the molecule is C#Cc1ccccc1C(C(=O)NCCCCC)N(C#C)C(=O)C(CS)NC(=O)OC(C)(C)C. The normalized spacial score (nSPS) is 12.5. The van der Waals surface area contributed by atoms with Crippen LogP contribution in [0.3, 0.4) is 0 Å². The number of carbonyl (C=O) groups excluding carboxylic acids is 3. The van der Waals surface area contributed by atoms with Crippen LogP contribution in [-0.4, -0.2) is 46.7 Å². The summed E-state index contributed by atoms with van der Waals surface area (Å²) in [6, 6.07) is 6.76. The molecule has 2 unspecified atom stereocenters. The van der Waals surface area contributed by atoms with Gasteiger partial charge in [0.1, 0.15) is 17.7 Å². The molecule has 0 saturated heterocycles. The Kier molecular flexibility index (Phi) is 11.4. The van der Waals surface area contributed by atoms with Gasteiger partial charge in [0.2, 0.25) is 5.91 Å². The quantitative estimate of drug-likeness (QED) is 0.212. The number of nitrogens with zero attached hydrogens (tertiary/aromatic N) is 1. The molecule has 3 amide bonds. The Bertz CT molecular complexity index is 911. The zero-order valence-electron chi connectivity index (χ0n) is 19.7. The monoisotopic (exact) mass is 471 g/mol. The minimum Gasteiger partial charge on any atom is -0.444 e. The zero-order valence-corrected chi connectivity index (χ0v) is 20.6. The van der Waals surface area contributed by atoms with Gasteiger partial charge in [0.15, 0.2) is 0 Å². The molecule has 0 heterocycles. The molecule has 0 spiro atoms. The predicted octanol–water partition coefficient (Wildman–Crippen LogP) is 3.26. The van der Waals surface area contributed by atoms with Gasteiger partial charge in [-0.25, -0.2) is 4.79 Å². The molecule has 1 rings (SSSR count). The number of amides is 3. The van der Waals surface area contributed by atoms with Crippen molar-refractivity contribution in [1.29, 1.82) is 0 Å². The predicted molar refractivity (Wildman–Crippen MR) is 132 cm³/mol. The molecular formula is C25H33N3O4S. The van der Waals surface area contributed by atoms with Crippen molar-refractivity contribution in [3.8, 4) is 24.8 Å². The first-order chi connectivity index (χ1) is 15.6. The van der Waals surface area contributed by atoms with Gasteiger partial charge in [-0.05, 0) is 33.3 Å². The van der Waals surface area contributed by atoms with Crippen LogP contribution in [0.5, 0.6) is 0 Å². The van der Waals surface area contributed by atoms with E-state index in [2.05, 4.69) is 42.2 Å². The van der Waals surface area contributed by atoms with Gasteiger partial charge in [0, 0.05) is 29.5 Å². The van der Waals surface area contributed by atoms with Gasteiger partial charge in [-0.15, -0.1) is 6.42 Å². The molecule has 0 aliphatic carbocycles. The van der Waals surface area contributed by atoms with Crippen LogP contribution in [0.2, 0.25) is 0 Å². The lowest BCUT2D eigenvalue weighted by Crippen LogP contribution is -2.52. The third-order valence-corrected chi connectivity index (χ3v) is 4.91. The summed E-state index contributed by atoms with van der Waals surface area (Å²) in [5.41, 5.74) is 0.0865. The summed E-state index contributed by atoms with van der Waals surface area (Å²) in [6.45, 7) is 7.59. The molecule has 1 aromatic rings. The van der Waals surface area contributed by atoms with Crippen molar-refractivity contribution >= 4 is 30.5 Å². The third-order valence-electron chi connectivity index (χ3n) is 4.55. The number of carbonyl (C=O) groups is 3. The first kappa shape index (κ1) is 27.9. The highest BCUT2D eigenvalue weighted by atomic mass is 32.1. The first-order valence-electron chi connectivity index (χ1n) is 10.8. The van der Waals surface area contributed by atoms with E-state index in [1.54, 1.807) is 45.0 Å². The number of unbranched alkanes of at least 4 members (excludes halogenated alkanes) is 2. The molecule has 0 aliphatic rings. The van der Waals surface area contributed by atoms with Gasteiger partial charge in [-0.3, -0.25) is 14.5 Å². The fraction of sp³-hybridized carbons (Fsp3) is 0.480. The molecule has 7 nitrogen and oxygen atoms in total. The maximum Gasteiger partial charge on any atom is 0.408 e. The molecule has 1 aromatic carbocycles. The van der Waals surface area contributed by atoms with Crippen molar-refractivity contribution in [3.63, 3.8) is 0 Å². The van der Waals surface area contributed by atoms with Crippen LogP contribution in [0, 0.1) is 24.8 Å². The van der Waals surface area contributed by atoms with Crippen LogP contribution in [0.25, 0.3) is 0 Å². The van der Waals surface area contributed by atoms with E-state index in [1.165, 1.54) is 0 Å². The maximum atomic E-state index is 13.3. The number of benzene rings is 1. The average Bonchev–Trinajstić information content (AvgIpc) is 2.76. The lowest BCUT2D eigenvalue weighted by atomic mass is 9.98. The fourth-order valence-corrected chi connectivity index (χ4v) is 3.26. The molecule has 0 bridgehead atoms. The Morgan fingerprint density at radius 3 is 2.39 bits per heavy atom. The summed E-state index contributed by atoms with van der Waals surface area (Å²) >= 11 is 4.18. The Morgan fingerprint density at radius 1 is 1.18 bits per heavy atom. The molecule has 0 saturated carbocycles. The van der Waals surface area contributed by atoms with Crippen molar-refractivity contribution in [2.45, 2.75) is 64.6 Å². The van der Waals surface area contributed by atoms with Crippen LogP contribution in [-0.2, 0) is 14.3 Å². The minimum absolute atomic E-state index is 0.0577. The number of hydrogen-bond acceptors (Lipinski definition) is 5. The lowest BCUT2D eigenvalue weighted by Gasteiger charge is -2.30. The van der Waals surface area contributed by atoms with Crippen LogP contribution in [0.4, 0.5) is 4.79 Å². The minimum atomic E-state index is -1.18. The van der Waals surface area contributed by atoms with E-state index in [0.29, 0.717) is 17.7 Å². The molecule has 0 aromatic heterocycles. The summed E-state index contributed by atoms with van der Waals surface area (Å²) < 4.78 is 5.23. The summed E-state index contributed by atoms with van der Waals surface area (Å²) in [5.74, 6) is 1.33. The third kappa shape index (κ3) is 8.75. The second kappa shape index (κ2) is 13.4. The summed E-state index contributed by atoms with van der Waals surface area (Å²) in [6.07, 6.45) is 13.3. The Labute approximate surface area is 202 Å². The number of rotatable bonds is 10. The summed E-state index contributed by atoms with van der Waals surface area (Å²) in [5, 5.41) is 5.31. The van der Waals surface area contributed by atoms with Crippen molar-refractivity contribution in [1.82, 2.24) is 15.5 Å². The zero-order chi connectivity index (χ0) is 25.0. The van der Waals surface area contributed by atoms with Gasteiger partial charge in [0.05, 0.1) is 0 Å². The van der Waals surface area contributed by atoms with Gasteiger partial charge >= 0.3 is 6.09 Å². The van der Waals surface area contributed by atoms with Gasteiger partial charge < -0.3 is 15.4 Å². The highest BCUT2D eigenvalue weighted by molar-refractivity contribution is 7.80. The highest BCUT2D eigenvalue weighted by Crippen LogP contribution is 2.25. The summed E-state index contributed by atoms with van der Waals surface area (Å²) in [7, 11) is 0. The molecule has 178 valence electrons. The van der Waals surface area contributed by atoms with Crippen molar-refractivity contribution < 1.29 is 19.1 Å². The number of ether oxygens (including phenoxy) is 1. The number of alkyl carbamates (subject to hydrolysis) is 1. The van der Waals surface area contributed by atoms with E-state index in [9.17, 15) is 14.4 Å². The second-order valence-corrected chi connectivity index (χ2v) is 8.72. The van der Waals surface area contributed by atoms with Crippen molar-refractivity contribution in [2.24, 2.45) is 0 Å². The highest BCUT2D eigenvalue weighted by Gasteiger charge is 2.36. The number of terminal acetylenes is 2. The van der Waals surface area contributed by atoms with Gasteiger partial charge in [-0.1, -0.05) is 50.3 Å². The van der Waals surface area contributed by atoms with Crippen LogP contribution < -0.4 is 10.6 Å². The van der Waals surface area contributed by atoms with E-state index in [0.717, 1.165) is 24.2 Å². The standard InChI is InChI=1S/C25H33N3O4S/c1-7-10-13-16-26-22(29)21(19-15-12-11-14-18(19)8-2)28(9-3)23(30)20(17-33)27-24(31)32-25(4,5)6/h2-3,11-12,14-15,20-21,33H,7,10,13,16-17H2,1,4-6H3,(H,26,29)(H,27,31). The average molecular weight is 472 g/mol. The largest absolute Gasteiger partial charge is 0.444 e. The molecule has 0 radical (unpaired) electrons. The molecular weight excluding hydrogens is 438 g/mol. The number of thiol groups is 1.